The molecule has 0 aliphatic rings. The van der Waals surface area contributed by atoms with Crippen LogP contribution in [0.4, 0.5) is 5.95 Å². The van der Waals surface area contributed by atoms with Gasteiger partial charge in [0, 0.05) is 0 Å². The maximum Gasteiger partial charge on any atom is 0.362 e. The highest BCUT2D eigenvalue weighted by Gasteiger charge is 2.11. The number of hydrogen-bond donors (Lipinski definition) is 1. The molecule has 7 heteroatoms. The second-order valence-corrected chi connectivity index (χ2v) is 1.99. The fourth-order valence-corrected chi connectivity index (χ4v) is 0.602. The van der Waals surface area contributed by atoms with Crippen molar-refractivity contribution in [1.82, 2.24) is 15.1 Å². The number of hydrogen-bond acceptors (Lipinski definition) is 5. The minimum Gasteiger partial charge on any atom is -0.547 e. The number of carbonyl (C=O) groups excluding carboxylic acids is 1. The second-order valence-electron chi connectivity index (χ2n) is 1.99. The molecule has 2 N–H and O–H groups in total. The molecule has 1 heterocycles. The van der Waals surface area contributed by atoms with Crippen molar-refractivity contribution in [3.05, 3.63) is 0 Å². The van der Waals surface area contributed by atoms with Crippen LogP contribution >= 0.6 is 0 Å². The summed E-state index contributed by atoms with van der Waals surface area (Å²) in [6, 6.07) is 0. The summed E-state index contributed by atoms with van der Waals surface area (Å²) in [7, 11) is 1.56. The number of carboxylic acids is 1. The molecule has 0 spiro atoms. The largest absolute Gasteiger partial charge is 0.547 e. The number of anilines is 1. The van der Waals surface area contributed by atoms with E-state index in [9.17, 15) is 9.90 Å². The van der Waals surface area contributed by atoms with Gasteiger partial charge in [-0.15, -0.1) is 4.68 Å². The Morgan fingerprint density at radius 3 is 2.91 bits per heavy atom. The molecule has 0 saturated carbocycles. The van der Waals surface area contributed by atoms with E-state index in [1.807, 2.05) is 0 Å². The standard InChI is InChI=1S/C4H7N5O2/c1-8-4(5)9(7-6-8)2-3(10)11/h5H,2H2,1H3,(H,10,11). The third-order valence-corrected chi connectivity index (χ3v) is 1.16. The van der Waals surface area contributed by atoms with E-state index in [4.69, 9.17) is 5.73 Å². The zero-order valence-corrected chi connectivity index (χ0v) is 5.89. The van der Waals surface area contributed by atoms with E-state index in [-0.39, 0.29) is 12.5 Å². The number of rotatable bonds is 2. The van der Waals surface area contributed by atoms with E-state index in [0.717, 1.165) is 4.68 Å². The third-order valence-electron chi connectivity index (χ3n) is 1.16. The zero-order valence-electron chi connectivity index (χ0n) is 5.89. The van der Waals surface area contributed by atoms with Crippen molar-refractivity contribution in [3.8, 4) is 0 Å². The minimum absolute atomic E-state index is 0.175. The Bertz CT molecular complexity index is 280. The topological polar surface area (TPSA) is 101 Å². The van der Waals surface area contributed by atoms with Crippen LogP contribution in [0.15, 0.2) is 0 Å². The minimum atomic E-state index is -1.25. The van der Waals surface area contributed by atoms with Gasteiger partial charge in [0.05, 0.1) is 18.2 Å². The van der Waals surface area contributed by atoms with Gasteiger partial charge in [0.1, 0.15) is 11.8 Å². The fourth-order valence-electron chi connectivity index (χ4n) is 0.602. The van der Waals surface area contributed by atoms with Gasteiger partial charge in [-0.25, -0.2) is 0 Å². The molecule has 1 rings (SSSR count). The van der Waals surface area contributed by atoms with E-state index in [0.29, 0.717) is 0 Å². The van der Waals surface area contributed by atoms with Crippen molar-refractivity contribution in [2.24, 2.45) is 7.05 Å². The van der Waals surface area contributed by atoms with Crippen LogP contribution in [0.3, 0.4) is 0 Å². The van der Waals surface area contributed by atoms with Gasteiger partial charge in [-0.3, -0.25) is 0 Å². The highest BCUT2D eigenvalue weighted by atomic mass is 16.4. The predicted molar refractivity (Wildman–Crippen MR) is 30.6 cm³/mol. The summed E-state index contributed by atoms with van der Waals surface area (Å²) in [4.78, 5) is 10.1. The molecule has 0 bridgehead atoms. The molecule has 7 nitrogen and oxygen atoms in total. The van der Waals surface area contributed by atoms with Crippen LogP contribution < -0.4 is 15.5 Å². The summed E-state index contributed by atoms with van der Waals surface area (Å²) in [5, 5.41) is 17.0. The summed E-state index contributed by atoms with van der Waals surface area (Å²) < 4.78 is 2.30. The van der Waals surface area contributed by atoms with E-state index in [1.54, 1.807) is 7.05 Å². The number of carboxylic acid groups (broad SMARTS) is 1. The van der Waals surface area contributed by atoms with Crippen molar-refractivity contribution in [2.75, 3.05) is 5.73 Å². The fraction of sp³-hybridized carbons (Fsp3) is 0.500. The average Bonchev–Trinajstić information content (AvgIpc) is 2.18. The molecular weight excluding hydrogens is 150 g/mol. The first kappa shape index (κ1) is 7.45. The van der Waals surface area contributed by atoms with Crippen LogP contribution in [0.1, 0.15) is 0 Å². The van der Waals surface area contributed by atoms with E-state index in [2.05, 4.69) is 10.4 Å². The van der Waals surface area contributed by atoms with Crippen LogP contribution in [0, 0.1) is 0 Å². The van der Waals surface area contributed by atoms with Gasteiger partial charge >= 0.3 is 5.95 Å². The molecule has 0 aromatic carbocycles. The maximum atomic E-state index is 10.1. The van der Waals surface area contributed by atoms with Crippen molar-refractivity contribution in [1.29, 1.82) is 0 Å². The van der Waals surface area contributed by atoms with Crippen molar-refractivity contribution < 1.29 is 14.6 Å². The second kappa shape index (κ2) is 2.52. The van der Waals surface area contributed by atoms with Crippen LogP contribution in [0.25, 0.3) is 0 Å². The molecule has 0 atom stereocenters. The predicted octanol–water partition coefficient (Wildman–Crippen LogP) is -3.57. The van der Waals surface area contributed by atoms with Gasteiger partial charge in [0.2, 0.25) is 0 Å². The summed E-state index contributed by atoms with van der Waals surface area (Å²) in [6.07, 6.45) is 0. The van der Waals surface area contributed by atoms with Gasteiger partial charge in [0.15, 0.2) is 0 Å². The van der Waals surface area contributed by atoms with E-state index < -0.39 is 5.97 Å². The van der Waals surface area contributed by atoms with Gasteiger partial charge in [-0.1, -0.05) is 4.68 Å². The number of tetrazole rings is 1. The lowest BCUT2D eigenvalue weighted by atomic mass is 10.7. The molecular formula is C4H7N5O2. The Kier molecular flexibility index (Phi) is 1.71. The molecule has 0 unspecified atom stereocenters. The van der Waals surface area contributed by atoms with Crippen LogP contribution in [-0.4, -0.2) is 21.1 Å². The number of nitrogens with zero attached hydrogens (tertiary/aromatic N) is 4. The van der Waals surface area contributed by atoms with Gasteiger partial charge < -0.3 is 15.6 Å². The average molecular weight is 157 g/mol. The number of aryl methyl sites for hydroxylation is 1. The van der Waals surface area contributed by atoms with Crippen molar-refractivity contribution >= 4 is 11.9 Å². The highest BCUT2D eigenvalue weighted by Crippen LogP contribution is 1.86. The molecule has 1 aromatic rings. The van der Waals surface area contributed by atoms with Gasteiger partial charge in [-0.2, -0.15) is 0 Å². The first-order valence-corrected chi connectivity index (χ1v) is 2.86. The van der Waals surface area contributed by atoms with E-state index >= 15 is 0 Å². The summed E-state index contributed by atoms with van der Waals surface area (Å²) in [6.45, 7) is -0.375. The Morgan fingerprint density at radius 1 is 1.91 bits per heavy atom. The Labute approximate surface area is 62.0 Å². The molecule has 0 fully saturated rings. The number of nitrogens with two attached hydrogens (primary N) is 1. The zero-order chi connectivity index (χ0) is 8.43. The smallest absolute Gasteiger partial charge is 0.362 e. The molecule has 1 aromatic heterocycles. The first-order valence-electron chi connectivity index (χ1n) is 2.86. The lowest BCUT2D eigenvalue weighted by Crippen LogP contribution is -2.35. The van der Waals surface area contributed by atoms with Gasteiger partial charge in [0.25, 0.3) is 0 Å². The molecule has 11 heavy (non-hydrogen) atoms. The lowest BCUT2D eigenvalue weighted by molar-refractivity contribution is -0.718. The molecule has 60 valence electrons. The number of nitrogen functional groups attached to an aromatic ring is 1. The molecule has 0 aliphatic heterocycles. The van der Waals surface area contributed by atoms with Gasteiger partial charge in [-0.05, 0) is 0 Å². The summed E-state index contributed by atoms with van der Waals surface area (Å²) in [5.41, 5.74) is 5.36. The monoisotopic (exact) mass is 157 g/mol. The van der Waals surface area contributed by atoms with Crippen molar-refractivity contribution in [2.45, 2.75) is 6.54 Å². The SMILES string of the molecule is C[n+]1nnn(CC(=O)[O-])c1N. The number of carbonyl (C=O) groups is 1. The van der Waals surface area contributed by atoms with Crippen LogP contribution in [0.5, 0.6) is 0 Å². The molecule has 0 saturated heterocycles. The summed E-state index contributed by atoms with van der Waals surface area (Å²) in [5.74, 6) is -1.07. The lowest BCUT2D eigenvalue weighted by Gasteiger charge is -1.95. The highest BCUT2D eigenvalue weighted by molar-refractivity contribution is 5.64. The quantitative estimate of drug-likeness (QED) is 0.447. The summed E-state index contributed by atoms with van der Waals surface area (Å²) >= 11 is 0. The van der Waals surface area contributed by atoms with Crippen molar-refractivity contribution in [3.63, 3.8) is 0 Å². The molecule has 0 aliphatic carbocycles. The molecule has 0 amide bonds. The van der Waals surface area contributed by atoms with Crippen LogP contribution in [-0.2, 0) is 18.4 Å². The Hall–Kier alpha value is -1.66. The normalized spacial score (nSPS) is 9.91. The Balaban J connectivity index is 2.87. The third kappa shape index (κ3) is 1.42. The maximum absolute atomic E-state index is 10.1. The molecule has 0 radical (unpaired) electrons. The number of aliphatic carboxylic acids is 1. The van der Waals surface area contributed by atoms with E-state index in [1.165, 1.54) is 4.68 Å². The Morgan fingerprint density at radius 2 is 2.55 bits per heavy atom. The van der Waals surface area contributed by atoms with Crippen LogP contribution in [0.2, 0.25) is 0 Å². The number of aromatic nitrogens is 4. The first-order chi connectivity index (χ1) is 5.11.